The first-order chi connectivity index (χ1) is 9.34. The van der Waals surface area contributed by atoms with Crippen LogP contribution in [0.4, 0.5) is 0 Å². The van der Waals surface area contributed by atoms with Crippen LogP contribution < -0.4 is 0 Å². The summed E-state index contributed by atoms with van der Waals surface area (Å²) in [5.41, 5.74) is 3.83. The van der Waals surface area contributed by atoms with Crippen LogP contribution in [0.2, 0.25) is 5.02 Å². The van der Waals surface area contributed by atoms with Crippen molar-refractivity contribution in [3.05, 3.63) is 59.1 Å². The van der Waals surface area contributed by atoms with E-state index in [1.54, 1.807) is 0 Å². The highest BCUT2D eigenvalue weighted by Gasteiger charge is 2.15. The molecule has 0 heterocycles. The molecule has 0 aromatic heterocycles. The molecule has 0 atom stereocenters. The van der Waals surface area contributed by atoms with Gasteiger partial charge in [0.1, 0.15) is 0 Å². The lowest BCUT2D eigenvalue weighted by Crippen LogP contribution is -2.04. The Labute approximate surface area is 120 Å². The number of rotatable bonds is 2. The molecule has 2 aromatic rings. The molecule has 1 aliphatic rings. The molecule has 98 valence electrons. The third-order valence-electron chi connectivity index (χ3n) is 4.17. The summed E-state index contributed by atoms with van der Waals surface area (Å²) in [5, 5.41) is 0.827. The molecule has 0 saturated heterocycles. The van der Waals surface area contributed by atoms with Crippen molar-refractivity contribution in [3.8, 4) is 11.1 Å². The first-order valence-electron chi connectivity index (χ1n) is 7.19. The van der Waals surface area contributed by atoms with Gasteiger partial charge in [-0.1, -0.05) is 73.3 Å². The van der Waals surface area contributed by atoms with Crippen molar-refractivity contribution >= 4 is 11.6 Å². The SMILES string of the molecule is Clc1ccccc1-c1ccc(C2CCCCC2)cc1. The summed E-state index contributed by atoms with van der Waals surface area (Å²) in [6.45, 7) is 0. The highest BCUT2D eigenvalue weighted by Crippen LogP contribution is 2.34. The van der Waals surface area contributed by atoms with Gasteiger partial charge in [-0.2, -0.15) is 0 Å². The van der Waals surface area contributed by atoms with Crippen LogP contribution in [0.1, 0.15) is 43.6 Å². The summed E-state index contributed by atoms with van der Waals surface area (Å²) in [6.07, 6.45) is 6.89. The minimum Gasteiger partial charge on any atom is -0.0837 e. The molecule has 0 unspecified atom stereocenters. The summed E-state index contributed by atoms with van der Waals surface area (Å²) in [5.74, 6) is 0.772. The maximum Gasteiger partial charge on any atom is 0.0484 e. The van der Waals surface area contributed by atoms with Gasteiger partial charge >= 0.3 is 0 Å². The second kappa shape index (κ2) is 5.79. The van der Waals surface area contributed by atoms with Gasteiger partial charge in [-0.05, 0) is 36.0 Å². The first-order valence-corrected chi connectivity index (χ1v) is 7.57. The molecule has 0 aliphatic heterocycles. The Hall–Kier alpha value is -1.27. The van der Waals surface area contributed by atoms with Gasteiger partial charge in [-0.15, -0.1) is 0 Å². The third-order valence-corrected chi connectivity index (χ3v) is 4.50. The van der Waals surface area contributed by atoms with Crippen molar-refractivity contribution in [1.29, 1.82) is 0 Å². The standard InChI is InChI=1S/C18H19Cl/c19-18-9-5-4-8-17(18)16-12-10-15(11-13-16)14-6-2-1-3-7-14/h4-5,8-14H,1-3,6-7H2. The summed E-state index contributed by atoms with van der Waals surface area (Å²) < 4.78 is 0. The first kappa shape index (κ1) is 12.7. The Balaban J connectivity index is 1.84. The molecular weight excluding hydrogens is 252 g/mol. The van der Waals surface area contributed by atoms with E-state index in [9.17, 15) is 0 Å². The second-order valence-corrected chi connectivity index (χ2v) is 5.84. The lowest BCUT2D eigenvalue weighted by atomic mass is 9.84. The average molecular weight is 271 g/mol. The molecule has 0 radical (unpaired) electrons. The van der Waals surface area contributed by atoms with E-state index in [-0.39, 0.29) is 0 Å². The Kier molecular flexibility index (Phi) is 3.89. The number of halogens is 1. The Morgan fingerprint density at radius 3 is 2.16 bits per heavy atom. The smallest absolute Gasteiger partial charge is 0.0484 e. The molecule has 0 nitrogen and oxygen atoms in total. The molecule has 0 bridgehead atoms. The molecule has 0 N–H and O–H groups in total. The van der Waals surface area contributed by atoms with Crippen molar-refractivity contribution in [3.63, 3.8) is 0 Å². The van der Waals surface area contributed by atoms with Gasteiger partial charge in [-0.3, -0.25) is 0 Å². The molecule has 2 aromatic carbocycles. The van der Waals surface area contributed by atoms with Crippen molar-refractivity contribution in [1.82, 2.24) is 0 Å². The second-order valence-electron chi connectivity index (χ2n) is 5.44. The van der Waals surface area contributed by atoms with Crippen molar-refractivity contribution in [2.45, 2.75) is 38.0 Å². The van der Waals surface area contributed by atoms with Gasteiger partial charge in [0.05, 0.1) is 0 Å². The van der Waals surface area contributed by atoms with Crippen LogP contribution in [0.3, 0.4) is 0 Å². The monoisotopic (exact) mass is 270 g/mol. The Morgan fingerprint density at radius 2 is 1.47 bits per heavy atom. The molecule has 1 heteroatoms. The van der Waals surface area contributed by atoms with E-state index in [4.69, 9.17) is 11.6 Å². The van der Waals surface area contributed by atoms with Gasteiger partial charge in [0.2, 0.25) is 0 Å². The molecular formula is C18H19Cl. The fourth-order valence-electron chi connectivity index (χ4n) is 3.07. The van der Waals surface area contributed by atoms with Crippen molar-refractivity contribution in [2.24, 2.45) is 0 Å². The predicted octanol–water partition coefficient (Wildman–Crippen LogP) is 6.05. The predicted molar refractivity (Wildman–Crippen MR) is 82.7 cm³/mol. The summed E-state index contributed by atoms with van der Waals surface area (Å²) in [4.78, 5) is 0. The van der Waals surface area contributed by atoms with Gasteiger partial charge in [0, 0.05) is 10.6 Å². The maximum atomic E-state index is 6.25. The van der Waals surface area contributed by atoms with E-state index in [0.717, 1.165) is 16.5 Å². The summed E-state index contributed by atoms with van der Waals surface area (Å²) >= 11 is 6.25. The molecule has 0 amide bonds. The summed E-state index contributed by atoms with van der Waals surface area (Å²) in [7, 11) is 0. The number of hydrogen-bond acceptors (Lipinski definition) is 0. The highest BCUT2D eigenvalue weighted by atomic mass is 35.5. The third kappa shape index (κ3) is 2.84. The molecule has 1 fully saturated rings. The van der Waals surface area contributed by atoms with Crippen LogP contribution in [-0.4, -0.2) is 0 Å². The summed E-state index contributed by atoms with van der Waals surface area (Å²) in [6, 6.07) is 17.0. The van der Waals surface area contributed by atoms with Gasteiger partial charge in [0.25, 0.3) is 0 Å². The van der Waals surface area contributed by atoms with Crippen LogP contribution in [0.15, 0.2) is 48.5 Å². The fourth-order valence-corrected chi connectivity index (χ4v) is 3.31. The lowest BCUT2D eigenvalue weighted by Gasteiger charge is -2.22. The topological polar surface area (TPSA) is 0 Å². The highest BCUT2D eigenvalue weighted by molar-refractivity contribution is 6.33. The molecule has 3 rings (SSSR count). The van der Waals surface area contributed by atoms with E-state index in [1.807, 2.05) is 18.2 Å². The van der Waals surface area contributed by atoms with Crippen molar-refractivity contribution < 1.29 is 0 Å². The molecule has 1 aliphatic carbocycles. The molecule has 0 spiro atoms. The lowest BCUT2D eigenvalue weighted by molar-refractivity contribution is 0.443. The number of benzene rings is 2. The van der Waals surface area contributed by atoms with E-state index in [1.165, 1.54) is 43.2 Å². The normalized spacial score (nSPS) is 16.5. The van der Waals surface area contributed by atoms with E-state index < -0.39 is 0 Å². The van der Waals surface area contributed by atoms with Crippen LogP contribution in [0, 0.1) is 0 Å². The van der Waals surface area contributed by atoms with Crippen LogP contribution >= 0.6 is 11.6 Å². The molecule has 1 saturated carbocycles. The number of hydrogen-bond donors (Lipinski definition) is 0. The minimum atomic E-state index is 0.772. The van der Waals surface area contributed by atoms with Gasteiger partial charge in [0.15, 0.2) is 0 Å². The van der Waals surface area contributed by atoms with Crippen LogP contribution in [-0.2, 0) is 0 Å². The van der Waals surface area contributed by atoms with Crippen molar-refractivity contribution in [2.75, 3.05) is 0 Å². The Bertz CT molecular complexity index is 536. The zero-order chi connectivity index (χ0) is 13.1. The van der Waals surface area contributed by atoms with Gasteiger partial charge < -0.3 is 0 Å². The van der Waals surface area contributed by atoms with E-state index in [2.05, 4.69) is 30.3 Å². The zero-order valence-electron chi connectivity index (χ0n) is 11.1. The van der Waals surface area contributed by atoms with E-state index in [0.29, 0.717) is 0 Å². The van der Waals surface area contributed by atoms with E-state index >= 15 is 0 Å². The average Bonchev–Trinajstić information content (AvgIpc) is 2.49. The van der Waals surface area contributed by atoms with Gasteiger partial charge in [-0.25, -0.2) is 0 Å². The molecule has 19 heavy (non-hydrogen) atoms. The largest absolute Gasteiger partial charge is 0.0837 e. The fraction of sp³-hybridized carbons (Fsp3) is 0.333. The quantitative estimate of drug-likeness (QED) is 0.623. The van der Waals surface area contributed by atoms with Crippen LogP contribution in [0.25, 0.3) is 11.1 Å². The Morgan fingerprint density at radius 1 is 0.789 bits per heavy atom. The zero-order valence-corrected chi connectivity index (χ0v) is 11.9. The maximum absolute atomic E-state index is 6.25. The minimum absolute atomic E-state index is 0.772. The van der Waals surface area contributed by atoms with Crippen LogP contribution in [0.5, 0.6) is 0 Å².